The Morgan fingerprint density at radius 2 is 1.47 bits per heavy atom. The van der Waals surface area contributed by atoms with E-state index in [1.54, 1.807) is 0 Å². The molecule has 0 N–H and O–H groups in total. The van der Waals surface area contributed by atoms with Gasteiger partial charge in [0.15, 0.2) is 0 Å². The van der Waals surface area contributed by atoms with E-state index in [0.29, 0.717) is 5.56 Å². The summed E-state index contributed by atoms with van der Waals surface area (Å²) in [5, 5.41) is 0. The molecule has 2 atom stereocenters. The summed E-state index contributed by atoms with van der Waals surface area (Å²) in [6.07, 6.45) is 0.790. The standard InChI is InChI=1S/C29H40N2O3/c1-21-17-30(27(33)29(5,6)20-28(3,4)25-11-9-8-10-12-25)18-22(2)31(21)19-23-13-15-24(16-14-23)26(32)34-7/h8-16,21-22H,17-20H2,1-7H3/t21-,22+. The van der Waals surface area contributed by atoms with E-state index in [2.05, 4.69) is 75.6 Å². The zero-order valence-electron chi connectivity index (χ0n) is 21.8. The minimum absolute atomic E-state index is 0.0875. The Labute approximate surface area is 205 Å². The molecular weight excluding hydrogens is 424 g/mol. The Balaban J connectivity index is 1.65. The fourth-order valence-electron chi connectivity index (χ4n) is 5.51. The molecule has 0 aliphatic carbocycles. The fourth-order valence-corrected chi connectivity index (χ4v) is 5.51. The molecule has 0 unspecified atom stereocenters. The number of carbonyl (C=O) groups is 2. The summed E-state index contributed by atoms with van der Waals surface area (Å²) < 4.78 is 4.79. The summed E-state index contributed by atoms with van der Waals surface area (Å²) in [6.45, 7) is 15.3. The number of hydrogen-bond acceptors (Lipinski definition) is 4. The molecule has 34 heavy (non-hydrogen) atoms. The molecule has 184 valence electrons. The van der Waals surface area contributed by atoms with Crippen LogP contribution in [0.25, 0.3) is 0 Å². The van der Waals surface area contributed by atoms with Crippen LogP contribution < -0.4 is 0 Å². The first-order valence-corrected chi connectivity index (χ1v) is 12.2. The first-order valence-electron chi connectivity index (χ1n) is 12.2. The topological polar surface area (TPSA) is 49.9 Å². The lowest BCUT2D eigenvalue weighted by atomic mass is 9.70. The van der Waals surface area contributed by atoms with Gasteiger partial charge in [0.2, 0.25) is 5.91 Å². The highest BCUT2D eigenvalue weighted by atomic mass is 16.5. The highest BCUT2D eigenvalue weighted by molar-refractivity contribution is 5.89. The van der Waals surface area contributed by atoms with Gasteiger partial charge in [-0.1, -0.05) is 70.2 Å². The Hall–Kier alpha value is -2.66. The number of hydrogen-bond donors (Lipinski definition) is 0. The normalized spacial score (nSPS) is 19.7. The van der Waals surface area contributed by atoms with Gasteiger partial charge in [0.05, 0.1) is 12.7 Å². The second-order valence-electron chi connectivity index (χ2n) is 11.1. The van der Waals surface area contributed by atoms with Crippen molar-refractivity contribution in [3.05, 3.63) is 71.3 Å². The van der Waals surface area contributed by atoms with Gasteiger partial charge in [-0.2, -0.15) is 0 Å². The third kappa shape index (κ3) is 5.87. The molecular formula is C29H40N2O3. The minimum Gasteiger partial charge on any atom is -0.465 e. The van der Waals surface area contributed by atoms with E-state index < -0.39 is 5.41 Å². The zero-order valence-corrected chi connectivity index (χ0v) is 21.8. The van der Waals surface area contributed by atoms with E-state index in [1.165, 1.54) is 12.7 Å². The van der Waals surface area contributed by atoms with Crippen LogP contribution in [0.5, 0.6) is 0 Å². The number of esters is 1. The number of ether oxygens (including phenoxy) is 1. The number of nitrogens with zero attached hydrogens (tertiary/aromatic N) is 2. The number of rotatable bonds is 7. The zero-order chi connectivity index (χ0) is 25.1. The van der Waals surface area contributed by atoms with Crippen LogP contribution in [0, 0.1) is 5.41 Å². The summed E-state index contributed by atoms with van der Waals surface area (Å²) in [7, 11) is 1.39. The predicted molar refractivity (Wildman–Crippen MR) is 137 cm³/mol. The summed E-state index contributed by atoms with van der Waals surface area (Å²) in [4.78, 5) is 29.9. The summed E-state index contributed by atoms with van der Waals surface area (Å²) >= 11 is 0. The fraction of sp³-hybridized carbons (Fsp3) is 0.517. The van der Waals surface area contributed by atoms with Crippen molar-refractivity contribution in [2.45, 2.75) is 72.0 Å². The average Bonchev–Trinajstić information content (AvgIpc) is 2.80. The molecule has 0 aromatic heterocycles. The van der Waals surface area contributed by atoms with Crippen molar-refractivity contribution in [3.63, 3.8) is 0 Å². The highest BCUT2D eigenvalue weighted by Gasteiger charge is 2.41. The van der Waals surface area contributed by atoms with Crippen LogP contribution in [0.3, 0.4) is 0 Å². The van der Waals surface area contributed by atoms with E-state index in [0.717, 1.165) is 31.6 Å². The smallest absolute Gasteiger partial charge is 0.337 e. The number of benzene rings is 2. The third-order valence-electron chi connectivity index (χ3n) is 7.15. The van der Waals surface area contributed by atoms with Crippen LogP contribution >= 0.6 is 0 Å². The van der Waals surface area contributed by atoms with Crippen LogP contribution in [-0.2, 0) is 21.5 Å². The van der Waals surface area contributed by atoms with Crippen molar-refractivity contribution in [1.82, 2.24) is 9.80 Å². The van der Waals surface area contributed by atoms with Gasteiger partial charge < -0.3 is 9.64 Å². The van der Waals surface area contributed by atoms with Crippen LogP contribution in [-0.4, -0.2) is 54.0 Å². The molecule has 0 radical (unpaired) electrons. The number of carbonyl (C=O) groups excluding carboxylic acids is 2. The van der Waals surface area contributed by atoms with E-state index in [1.807, 2.05) is 30.3 Å². The number of methoxy groups -OCH3 is 1. The molecule has 1 aliphatic heterocycles. The van der Waals surface area contributed by atoms with E-state index >= 15 is 0 Å². The molecule has 1 heterocycles. The van der Waals surface area contributed by atoms with Crippen molar-refractivity contribution >= 4 is 11.9 Å². The highest BCUT2D eigenvalue weighted by Crippen LogP contribution is 2.38. The Kier molecular flexibility index (Phi) is 7.87. The summed E-state index contributed by atoms with van der Waals surface area (Å²) in [5.41, 5.74) is 2.43. The second-order valence-corrected chi connectivity index (χ2v) is 11.1. The molecule has 0 spiro atoms. The van der Waals surface area contributed by atoms with Crippen molar-refractivity contribution in [2.24, 2.45) is 5.41 Å². The van der Waals surface area contributed by atoms with Gasteiger partial charge in [-0.05, 0) is 48.9 Å². The van der Waals surface area contributed by atoms with E-state index in [9.17, 15) is 9.59 Å². The Morgan fingerprint density at radius 1 is 0.912 bits per heavy atom. The lowest BCUT2D eigenvalue weighted by molar-refractivity contribution is -0.146. The van der Waals surface area contributed by atoms with Gasteiger partial charge in [0.1, 0.15) is 0 Å². The molecule has 5 nitrogen and oxygen atoms in total. The van der Waals surface area contributed by atoms with Gasteiger partial charge in [-0.25, -0.2) is 4.79 Å². The Morgan fingerprint density at radius 3 is 2.00 bits per heavy atom. The third-order valence-corrected chi connectivity index (χ3v) is 7.15. The van der Waals surface area contributed by atoms with E-state index in [4.69, 9.17) is 4.74 Å². The molecule has 1 amide bonds. The molecule has 0 bridgehead atoms. The maximum atomic E-state index is 13.7. The molecule has 0 saturated carbocycles. The van der Waals surface area contributed by atoms with Gasteiger partial charge in [-0.3, -0.25) is 9.69 Å². The van der Waals surface area contributed by atoms with Crippen molar-refractivity contribution in [3.8, 4) is 0 Å². The van der Waals surface area contributed by atoms with Gasteiger partial charge in [-0.15, -0.1) is 0 Å². The molecule has 2 aromatic carbocycles. The lowest BCUT2D eigenvalue weighted by Crippen LogP contribution is -2.59. The van der Waals surface area contributed by atoms with Crippen molar-refractivity contribution < 1.29 is 14.3 Å². The molecule has 1 aliphatic rings. The first kappa shape index (κ1) is 26.0. The van der Waals surface area contributed by atoms with Gasteiger partial charge in [0, 0.05) is 37.1 Å². The minimum atomic E-state index is -0.454. The largest absolute Gasteiger partial charge is 0.465 e. The molecule has 2 aromatic rings. The average molecular weight is 465 g/mol. The van der Waals surface area contributed by atoms with Crippen LogP contribution in [0.15, 0.2) is 54.6 Å². The van der Waals surface area contributed by atoms with Crippen molar-refractivity contribution in [1.29, 1.82) is 0 Å². The van der Waals surface area contributed by atoms with Gasteiger partial charge in [0.25, 0.3) is 0 Å². The second kappa shape index (κ2) is 10.3. The van der Waals surface area contributed by atoms with E-state index in [-0.39, 0.29) is 29.4 Å². The molecule has 1 fully saturated rings. The quantitative estimate of drug-likeness (QED) is 0.523. The first-order chi connectivity index (χ1) is 15.9. The maximum absolute atomic E-state index is 13.7. The summed E-state index contributed by atoms with van der Waals surface area (Å²) in [5.74, 6) is -0.0873. The van der Waals surface area contributed by atoms with Crippen LogP contribution in [0.1, 0.15) is 69.4 Å². The summed E-state index contributed by atoms with van der Waals surface area (Å²) in [6, 6.07) is 18.6. The number of piperazine rings is 1. The SMILES string of the molecule is COC(=O)c1ccc(CN2[C@H](C)CN(C(=O)C(C)(C)CC(C)(C)c3ccccc3)C[C@@H]2C)cc1. The molecule has 5 heteroatoms. The van der Waals surface area contributed by atoms with Crippen LogP contribution in [0.2, 0.25) is 0 Å². The maximum Gasteiger partial charge on any atom is 0.337 e. The number of amides is 1. The van der Waals surface area contributed by atoms with Crippen LogP contribution in [0.4, 0.5) is 0 Å². The van der Waals surface area contributed by atoms with Gasteiger partial charge >= 0.3 is 5.97 Å². The molecule has 1 saturated heterocycles. The Bertz CT molecular complexity index is 970. The molecule has 3 rings (SSSR count). The monoisotopic (exact) mass is 464 g/mol. The van der Waals surface area contributed by atoms with Crippen molar-refractivity contribution in [2.75, 3.05) is 20.2 Å². The predicted octanol–water partition coefficient (Wildman–Crippen LogP) is 5.29. The lowest BCUT2D eigenvalue weighted by Gasteiger charge is -2.47.